The molecule has 3 aromatic heterocycles. The topological polar surface area (TPSA) is 48.5 Å². The zero-order valence-electron chi connectivity index (χ0n) is 40.9. The highest BCUT2D eigenvalue weighted by molar-refractivity contribution is 6.11. The van der Waals surface area contributed by atoms with Crippen LogP contribution in [0, 0.1) is 5.41 Å². The number of para-hydroxylation sites is 3. The van der Waals surface area contributed by atoms with E-state index in [1.165, 1.54) is 60.8 Å². The summed E-state index contributed by atoms with van der Waals surface area (Å²) in [5, 5.41) is 4.79. The molecule has 0 amide bonds. The Kier molecular flexibility index (Phi) is 9.50. The van der Waals surface area contributed by atoms with Crippen LogP contribution in [0.15, 0.2) is 212 Å². The Balaban J connectivity index is 0.979. The van der Waals surface area contributed by atoms with Crippen LogP contribution in [0.4, 0.5) is 0 Å². The van der Waals surface area contributed by atoms with E-state index in [1.54, 1.807) is 0 Å². The average Bonchev–Trinajstić information content (AvgIpc) is 3.96. The van der Waals surface area contributed by atoms with Crippen LogP contribution in [-0.2, 0) is 10.8 Å². The Morgan fingerprint density at radius 2 is 0.746 bits per heavy atom. The molecule has 0 aliphatic heterocycles. The molecule has 3 heterocycles. The van der Waals surface area contributed by atoms with E-state index in [2.05, 4.69) is 245 Å². The smallest absolute Gasteiger partial charge is 0.238 e. The summed E-state index contributed by atoms with van der Waals surface area (Å²) in [4.78, 5) is 15.6. The maximum absolute atomic E-state index is 5.27. The van der Waals surface area contributed by atoms with Gasteiger partial charge in [-0.05, 0) is 115 Å². The van der Waals surface area contributed by atoms with Gasteiger partial charge in [-0.25, -0.2) is 4.98 Å². The highest BCUT2D eigenvalue weighted by Gasteiger charge is 2.57. The second-order valence-electron chi connectivity index (χ2n) is 20.9. The lowest BCUT2D eigenvalue weighted by atomic mass is 9.59. The summed E-state index contributed by atoms with van der Waals surface area (Å²) in [6.45, 7) is 14.6. The van der Waals surface area contributed by atoms with Gasteiger partial charge >= 0.3 is 0 Å². The van der Waals surface area contributed by atoms with Crippen molar-refractivity contribution in [1.82, 2.24) is 24.1 Å². The van der Waals surface area contributed by atoms with E-state index in [0.717, 1.165) is 44.2 Å². The van der Waals surface area contributed by atoms with Crippen LogP contribution >= 0.6 is 0 Å². The summed E-state index contributed by atoms with van der Waals surface area (Å²) in [6.07, 6.45) is 0. The molecule has 1 aliphatic rings. The van der Waals surface area contributed by atoms with E-state index < -0.39 is 0 Å². The summed E-state index contributed by atoms with van der Waals surface area (Å²) in [7, 11) is 0. The van der Waals surface area contributed by atoms with Gasteiger partial charge in [0.1, 0.15) is 0 Å². The van der Waals surface area contributed by atoms with Crippen molar-refractivity contribution in [2.75, 3.05) is 0 Å². The first kappa shape index (κ1) is 42.7. The lowest BCUT2D eigenvalue weighted by Gasteiger charge is -2.44. The summed E-state index contributed by atoms with van der Waals surface area (Å²) >= 11 is 0. The third-order valence-electron chi connectivity index (χ3n) is 16.7. The van der Waals surface area contributed by atoms with E-state index >= 15 is 0 Å². The molecule has 0 fully saturated rings. The molecule has 0 saturated heterocycles. The van der Waals surface area contributed by atoms with Gasteiger partial charge in [-0.1, -0.05) is 199 Å². The van der Waals surface area contributed by atoms with Gasteiger partial charge in [0.15, 0.2) is 11.6 Å². The predicted octanol–water partition coefficient (Wildman–Crippen LogP) is 17.0. The zero-order chi connectivity index (χ0) is 48.2. The fraction of sp³-hybridized carbons (Fsp3) is 0.136. The van der Waals surface area contributed by atoms with E-state index in [0.29, 0.717) is 17.6 Å². The van der Waals surface area contributed by atoms with Gasteiger partial charge in [0, 0.05) is 38.4 Å². The molecule has 0 bridgehead atoms. The Labute approximate surface area is 414 Å². The van der Waals surface area contributed by atoms with Crippen molar-refractivity contribution in [2.45, 2.75) is 52.4 Å². The number of aromatic nitrogens is 5. The first-order valence-electron chi connectivity index (χ1n) is 24.8. The quantitative estimate of drug-likeness (QED) is 0.160. The Bertz CT molecular complexity index is 4010. The van der Waals surface area contributed by atoms with Crippen molar-refractivity contribution >= 4 is 43.6 Å². The second-order valence-corrected chi connectivity index (χ2v) is 20.9. The number of fused-ring (bicyclic) bond motifs is 7. The van der Waals surface area contributed by atoms with Gasteiger partial charge in [0.25, 0.3) is 0 Å². The lowest BCUT2D eigenvalue weighted by Crippen LogP contribution is -2.42. The van der Waals surface area contributed by atoms with Crippen molar-refractivity contribution in [3.05, 3.63) is 223 Å². The van der Waals surface area contributed by atoms with Crippen molar-refractivity contribution in [3.63, 3.8) is 0 Å². The Hall–Kier alpha value is -8.41. The van der Waals surface area contributed by atoms with E-state index in [1.807, 2.05) is 18.2 Å². The maximum Gasteiger partial charge on any atom is 0.238 e. The predicted molar refractivity (Wildman–Crippen MR) is 296 cm³/mol. The SMILES string of the molecule is CC1(C)c2cc(-c3ccc(-c4nc(-c5ccccc5)nc(-n5c6ccccc6c6ccccc65)n4)cc3)c(-c3ccc4c(c3)c3ccccc3n4-c3cccc(-c4ccccc4)c3)cc2C(C)(C)C1(C)C. The molecule has 342 valence electrons. The minimum atomic E-state index is -0.0767. The third kappa shape index (κ3) is 6.49. The molecule has 0 N–H and O–H groups in total. The van der Waals surface area contributed by atoms with Crippen LogP contribution in [0.25, 0.3) is 111 Å². The fourth-order valence-corrected chi connectivity index (χ4v) is 11.7. The van der Waals surface area contributed by atoms with Gasteiger partial charge in [0.2, 0.25) is 5.95 Å². The molecule has 9 aromatic carbocycles. The largest absolute Gasteiger partial charge is 0.309 e. The molecule has 0 atom stereocenters. The normalized spacial score (nSPS) is 14.7. The van der Waals surface area contributed by atoms with Crippen LogP contribution in [0.2, 0.25) is 0 Å². The van der Waals surface area contributed by atoms with Crippen LogP contribution in [0.5, 0.6) is 0 Å². The molecule has 1 aliphatic carbocycles. The summed E-state index contributed by atoms with van der Waals surface area (Å²) in [5.41, 5.74) is 17.3. The first-order chi connectivity index (χ1) is 34.5. The standard InChI is InChI=1S/C66H53N5/c1-64(2)55-40-52(43-32-34-45(35-33-43)62-67-61(44-22-11-8-12-23-44)68-63(69-62)71-58-30-17-13-26-49(58)50-27-14-18-31-59(50)71)53(41-56(55)65(3,4)66(64,5)6)47-36-37-60-54(39-47)51-28-15-16-29-57(51)70(60)48-25-19-24-46(38-48)42-20-9-7-10-21-42/h7-41H,1-6H3. The van der Waals surface area contributed by atoms with Gasteiger partial charge in [-0.3, -0.25) is 4.57 Å². The molecule has 5 heteroatoms. The van der Waals surface area contributed by atoms with Crippen LogP contribution in [-0.4, -0.2) is 24.1 Å². The highest BCUT2D eigenvalue weighted by atomic mass is 15.2. The van der Waals surface area contributed by atoms with Crippen molar-refractivity contribution < 1.29 is 0 Å². The third-order valence-corrected chi connectivity index (χ3v) is 16.7. The molecule has 0 unspecified atom stereocenters. The van der Waals surface area contributed by atoms with Gasteiger partial charge in [-0.15, -0.1) is 0 Å². The number of benzene rings is 9. The number of rotatable bonds is 7. The molecule has 71 heavy (non-hydrogen) atoms. The number of nitrogens with zero attached hydrogens (tertiary/aromatic N) is 5. The van der Waals surface area contributed by atoms with Gasteiger partial charge < -0.3 is 4.57 Å². The van der Waals surface area contributed by atoms with Crippen LogP contribution in [0.3, 0.4) is 0 Å². The molecule has 0 spiro atoms. The minimum absolute atomic E-state index is 0.00301. The minimum Gasteiger partial charge on any atom is -0.309 e. The molecular formula is C66H53N5. The summed E-state index contributed by atoms with van der Waals surface area (Å²) in [5.74, 6) is 1.84. The molecule has 13 rings (SSSR count). The average molecular weight is 916 g/mol. The van der Waals surface area contributed by atoms with Crippen LogP contribution in [0.1, 0.15) is 52.7 Å². The first-order valence-corrected chi connectivity index (χ1v) is 24.8. The molecule has 0 radical (unpaired) electrons. The number of hydrogen-bond acceptors (Lipinski definition) is 3. The molecule has 12 aromatic rings. The Morgan fingerprint density at radius 3 is 1.34 bits per heavy atom. The van der Waals surface area contributed by atoms with Gasteiger partial charge in [0.05, 0.1) is 22.1 Å². The zero-order valence-corrected chi connectivity index (χ0v) is 40.9. The summed E-state index contributed by atoms with van der Waals surface area (Å²) in [6, 6.07) is 76.6. The lowest BCUT2D eigenvalue weighted by molar-refractivity contribution is 0.125. The monoisotopic (exact) mass is 915 g/mol. The fourth-order valence-electron chi connectivity index (χ4n) is 11.7. The summed E-state index contributed by atoms with van der Waals surface area (Å²) < 4.78 is 4.60. The molecule has 0 saturated carbocycles. The van der Waals surface area contributed by atoms with Crippen LogP contribution < -0.4 is 0 Å². The van der Waals surface area contributed by atoms with Gasteiger partial charge in [-0.2, -0.15) is 9.97 Å². The second kappa shape index (κ2) is 15.8. The molecular weight excluding hydrogens is 863 g/mol. The Morgan fingerprint density at radius 1 is 0.310 bits per heavy atom. The maximum atomic E-state index is 5.27. The van der Waals surface area contributed by atoms with Crippen molar-refractivity contribution in [2.24, 2.45) is 5.41 Å². The number of hydrogen-bond donors (Lipinski definition) is 0. The van der Waals surface area contributed by atoms with E-state index in [4.69, 9.17) is 15.0 Å². The molecule has 5 nitrogen and oxygen atoms in total. The van der Waals surface area contributed by atoms with Crippen molar-refractivity contribution in [1.29, 1.82) is 0 Å². The van der Waals surface area contributed by atoms with E-state index in [9.17, 15) is 0 Å². The van der Waals surface area contributed by atoms with Crippen molar-refractivity contribution in [3.8, 4) is 67.8 Å². The highest BCUT2D eigenvalue weighted by Crippen LogP contribution is 2.63. The van der Waals surface area contributed by atoms with E-state index in [-0.39, 0.29) is 16.2 Å².